The van der Waals surface area contributed by atoms with E-state index < -0.39 is 28.0 Å². The summed E-state index contributed by atoms with van der Waals surface area (Å²) in [6, 6.07) is 21.4. The Morgan fingerprint density at radius 2 is 1.66 bits per heavy atom. The Balaban J connectivity index is 1.62. The molecule has 4 rings (SSSR count). The number of aryl methyl sites for hydroxylation is 1. The van der Waals surface area contributed by atoms with E-state index in [1.165, 1.54) is 28.6 Å². The number of esters is 1. The van der Waals surface area contributed by atoms with Crippen LogP contribution in [0, 0.1) is 0 Å². The molecule has 0 spiro atoms. The number of carbonyl (C=O) groups is 2. The fourth-order valence-corrected chi connectivity index (χ4v) is 5.34. The van der Waals surface area contributed by atoms with Gasteiger partial charge in [0.2, 0.25) is 6.10 Å². The Hall–Kier alpha value is -3.65. The number of nitrogens with zero attached hydrogens (tertiary/aromatic N) is 1. The molecule has 0 saturated heterocycles. The van der Waals surface area contributed by atoms with Gasteiger partial charge in [-0.3, -0.25) is 9.10 Å². The van der Waals surface area contributed by atoms with E-state index in [0.717, 1.165) is 12.0 Å². The van der Waals surface area contributed by atoms with Crippen molar-refractivity contribution in [3.63, 3.8) is 0 Å². The number of amides is 1. The third kappa shape index (κ3) is 4.22. The molecule has 1 unspecified atom stereocenters. The minimum Gasteiger partial charge on any atom is -0.444 e. The number of rotatable bonds is 6. The lowest BCUT2D eigenvalue weighted by atomic mass is 10.0. The van der Waals surface area contributed by atoms with Crippen LogP contribution in [0.4, 0.5) is 5.69 Å². The summed E-state index contributed by atoms with van der Waals surface area (Å²) in [7, 11) is -3.89. The zero-order valence-electron chi connectivity index (χ0n) is 17.2. The summed E-state index contributed by atoms with van der Waals surface area (Å²) in [5, 5.41) is 0. The van der Waals surface area contributed by atoms with Crippen molar-refractivity contribution in [1.29, 1.82) is 0 Å². The third-order valence-electron chi connectivity index (χ3n) is 5.31. The van der Waals surface area contributed by atoms with Crippen molar-refractivity contribution in [2.45, 2.75) is 23.8 Å². The highest BCUT2D eigenvalue weighted by molar-refractivity contribution is 7.92. The number of hydrogen-bond acceptors (Lipinski definition) is 5. The van der Waals surface area contributed by atoms with E-state index in [9.17, 15) is 18.0 Å². The smallest absolute Gasteiger partial charge is 0.339 e. The molecule has 1 aliphatic heterocycles. The Morgan fingerprint density at radius 3 is 2.41 bits per heavy atom. The third-order valence-corrected chi connectivity index (χ3v) is 7.12. The number of ether oxygens (including phenoxy) is 1. The largest absolute Gasteiger partial charge is 0.444 e. The SMILES string of the molecule is NC(=O)C(OC(=O)c1cccc(S(=O)(=O)N2CCCc3ccccc32)c1)c1ccccc1. The molecule has 0 aromatic heterocycles. The molecule has 8 heteroatoms. The second-order valence-electron chi connectivity index (χ2n) is 7.44. The summed E-state index contributed by atoms with van der Waals surface area (Å²) in [5.41, 5.74) is 7.47. The van der Waals surface area contributed by atoms with E-state index >= 15 is 0 Å². The molecule has 1 amide bonds. The van der Waals surface area contributed by atoms with E-state index in [0.29, 0.717) is 24.2 Å². The lowest BCUT2D eigenvalue weighted by molar-refractivity contribution is -0.127. The van der Waals surface area contributed by atoms with Gasteiger partial charge < -0.3 is 10.5 Å². The summed E-state index contributed by atoms with van der Waals surface area (Å²) in [6.07, 6.45) is 0.232. The van der Waals surface area contributed by atoms with Crippen molar-refractivity contribution in [1.82, 2.24) is 0 Å². The summed E-state index contributed by atoms with van der Waals surface area (Å²) < 4.78 is 33.5. The van der Waals surface area contributed by atoms with Gasteiger partial charge in [0.15, 0.2) is 0 Å². The maximum absolute atomic E-state index is 13.4. The Kier molecular flexibility index (Phi) is 5.96. The van der Waals surface area contributed by atoms with E-state index in [1.54, 1.807) is 42.5 Å². The van der Waals surface area contributed by atoms with Gasteiger partial charge in [-0.25, -0.2) is 13.2 Å². The molecule has 1 atom stereocenters. The predicted molar refractivity (Wildman–Crippen MR) is 120 cm³/mol. The van der Waals surface area contributed by atoms with Crippen LogP contribution >= 0.6 is 0 Å². The van der Waals surface area contributed by atoms with Crippen molar-refractivity contribution in [3.05, 3.63) is 95.6 Å². The maximum atomic E-state index is 13.4. The van der Waals surface area contributed by atoms with Gasteiger partial charge in [-0.2, -0.15) is 0 Å². The zero-order valence-corrected chi connectivity index (χ0v) is 18.0. The highest BCUT2D eigenvalue weighted by Gasteiger charge is 2.30. The predicted octanol–water partition coefficient (Wildman–Crippen LogP) is 3.21. The average Bonchev–Trinajstić information content (AvgIpc) is 2.82. The van der Waals surface area contributed by atoms with Crippen LogP contribution < -0.4 is 10.0 Å². The fourth-order valence-electron chi connectivity index (χ4n) is 3.75. The van der Waals surface area contributed by atoms with Crippen LogP contribution in [0.2, 0.25) is 0 Å². The number of fused-ring (bicyclic) bond motifs is 1. The van der Waals surface area contributed by atoms with Gasteiger partial charge in [0.1, 0.15) is 0 Å². The van der Waals surface area contributed by atoms with Crippen LogP contribution in [0.5, 0.6) is 0 Å². The summed E-state index contributed by atoms with van der Waals surface area (Å²) in [4.78, 5) is 24.6. The van der Waals surface area contributed by atoms with Crippen LogP contribution in [0.15, 0.2) is 83.8 Å². The lowest BCUT2D eigenvalue weighted by Crippen LogP contribution is -2.35. The molecule has 3 aromatic carbocycles. The summed E-state index contributed by atoms with van der Waals surface area (Å²) >= 11 is 0. The normalized spacial score (nSPS) is 14.3. The first-order valence-corrected chi connectivity index (χ1v) is 11.6. The number of para-hydroxylation sites is 1. The topological polar surface area (TPSA) is 107 Å². The van der Waals surface area contributed by atoms with Crippen LogP contribution in [0.3, 0.4) is 0 Å². The standard InChI is InChI=1S/C24H22N2O5S/c25-23(27)22(18-9-2-1-3-10-18)31-24(28)19-11-6-13-20(16-19)32(29,30)26-15-7-12-17-8-4-5-14-21(17)26/h1-6,8-11,13-14,16,22H,7,12,15H2,(H2,25,27). The van der Waals surface area contributed by atoms with Crippen molar-refractivity contribution in [2.24, 2.45) is 5.73 Å². The van der Waals surface area contributed by atoms with Gasteiger partial charge in [-0.15, -0.1) is 0 Å². The molecule has 1 aliphatic rings. The number of carbonyl (C=O) groups excluding carboxylic acids is 2. The van der Waals surface area contributed by atoms with Crippen LogP contribution in [-0.4, -0.2) is 26.8 Å². The number of hydrogen-bond donors (Lipinski definition) is 1. The number of anilines is 1. The molecule has 32 heavy (non-hydrogen) atoms. The van der Waals surface area contributed by atoms with Crippen molar-refractivity contribution < 1.29 is 22.7 Å². The number of primary amides is 1. The molecule has 0 fully saturated rings. The molecule has 2 N–H and O–H groups in total. The minimum atomic E-state index is -3.89. The van der Waals surface area contributed by atoms with Crippen molar-refractivity contribution >= 4 is 27.6 Å². The zero-order chi connectivity index (χ0) is 22.7. The molecule has 0 aliphatic carbocycles. The lowest BCUT2D eigenvalue weighted by Gasteiger charge is -2.30. The number of benzene rings is 3. The molecular formula is C24H22N2O5S. The number of sulfonamides is 1. The van der Waals surface area contributed by atoms with Crippen LogP contribution in [0.1, 0.15) is 34.0 Å². The van der Waals surface area contributed by atoms with E-state index in [4.69, 9.17) is 10.5 Å². The van der Waals surface area contributed by atoms with E-state index in [-0.39, 0.29) is 10.5 Å². The van der Waals surface area contributed by atoms with Gasteiger partial charge in [-0.05, 0) is 42.7 Å². The van der Waals surface area contributed by atoms with E-state index in [2.05, 4.69) is 0 Å². The first-order chi connectivity index (χ1) is 15.4. The van der Waals surface area contributed by atoms with Crippen LogP contribution in [-0.2, 0) is 26.0 Å². The highest BCUT2D eigenvalue weighted by Crippen LogP contribution is 2.32. The maximum Gasteiger partial charge on any atom is 0.339 e. The molecular weight excluding hydrogens is 428 g/mol. The molecule has 164 valence electrons. The average molecular weight is 451 g/mol. The molecule has 0 bridgehead atoms. The van der Waals surface area contributed by atoms with E-state index in [1.807, 2.05) is 12.1 Å². The van der Waals surface area contributed by atoms with Gasteiger partial charge in [-0.1, -0.05) is 54.6 Å². The molecule has 0 radical (unpaired) electrons. The van der Waals surface area contributed by atoms with Gasteiger partial charge >= 0.3 is 5.97 Å². The Bertz CT molecular complexity index is 1260. The highest BCUT2D eigenvalue weighted by atomic mass is 32.2. The molecule has 1 heterocycles. The molecule has 3 aromatic rings. The van der Waals surface area contributed by atoms with Gasteiger partial charge in [0.25, 0.3) is 15.9 Å². The van der Waals surface area contributed by atoms with Gasteiger partial charge in [0.05, 0.1) is 16.1 Å². The quantitative estimate of drug-likeness (QED) is 0.581. The second-order valence-corrected chi connectivity index (χ2v) is 9.30. The molecule has 7 nitrogen and oxygen atoms in total. The van der Waals surface area contributed by atoms with Crippen LogP contribution in [0.25, 0.3) is 0 Å². The second kappa shape index (κ2) is 8.84. The van der Waals surface area contributed by atoms with Crippen molar-refractivity contribution in [3.8, 4) is 0 Å². The number of nitrogens with two attached hydrogens (primary N) is 1. The fraction of sp³-hybridized carbons (Fsp3) is 0.167. The Morgan fingerprint density at radius 1 is 0.938 bits per heavy atom. The Labute approximate surface area is 186 Å². The molecule has 0 saturated carbocycles. The minimum absolute atomic E-state index is 0.0125. The first kappa shape index (κ1) is 21.6. The first-order valence-electron chi connectivity index (χ1n) is 10.1. The summed E-state index contributed by atoms with van der Waals surface area (Å²) in [6.45, 7) is 0.353. The summed E-state index contributed by atoms with van der Waals surface area (Å²) in [5.74, 6) is -1.66. The van der Waals surface area contributed by atoms with Gasteiger partial charge in [0, 0.05) is 12.1 Å². The van der Waals surface area contributed by atoms with Crippen molar-refractivity contribution in [2.75, 3.05) is 10.8 Å². The monoisotopic (exact) mass is 450 g/mol.